The maximum atomic E-state index is 16.6. The lowest BCUT2D eigenvalue weighted by Crippen LogP contribution is -2.26. The largest absolute Gasteiger partial charge is 0.310 e. The van der Waals surface area contributed by atoms with E-state index in [0.717, 1.165) is 67.1 Å². The zero-order chi connectivity index (χ0) is 45.1. The highest BCUT2D eigenvalue weighted by atomic mass is 31.2. The first-order valence-corrected chi connectivity index (χ1v) is 24.0. The van der Waals surface area contributed by atoms with E-state index >= 15 is 4.57 Å². The van der Waals surface area contributed by atoms with Crippen LogP contribution in [-0.2, 0) is 4.57 Å². The van der Waals surface area contributed by atoms with Crippen LogP contribution < -0.4 is 30.6 Å². The van der Waals surface area contributed by atoms with Gasteiger partial charge in [0.05, 0.1) is 0 Å². The molecule has 0 aliphatic rings. The van der Waals surface area contributed by atoms with Gasteiger partial charge < -0.3 is 19.3 Å². The summed E-state index contributed by atoms with van der Waals surface area (Å²) >= 11 is 0. The van der Waals surface area contributed by atoms with Crippen molar-refractivity contribution >= 4 is 74.2 Å². The van der Waals surface area contributed by atoms with Gasteiger partial charge in [0, 0.05) is 67.1 Å². The average molecular weight is 864 g/mol. The van der Waals surface area contributed by atoms with E-state index in [4.69, 9.17) is 0 Å². The van der Waals surface area contributed by atoms with Gasteiger partial charge in [0.2, 0.25) is 0 Å². The van der Waals surface area contributed by atoms with Gasteiger partial charge in [0.15, 0.2) is 7.14 Å². The fourth-order valence-electron chi connectivity index (χ4n) is 8.96. The molecule has 4 nitrogen and oxygen atoms in total. The van der Waals surface area contributed by atoms with Gasteiger partial charge in [-0.2, -0.15) is 0 Å². The molecule has 9 aromatic carbocycles. The van der Waals surface area contributed by atoms with Gasteiger partial charge in [-0.15, -0.1) is 0 Å². The Labute approximate surface area is 385 Å². The molecule has 9 aromatic rings. The minimum atomic E-state index is -3.47. The summed E-state index contributed by atoms with van der Waals surface area (Å²) in [6, 6.07) is 76.1. The minimum absolute atomic E-state index is 0.764. The van der Waals surface area contributed by atoms with Crippen LogP contribution in [0.4, 0.5) is 51.2 Å². The highest BCUT2D eigenvalue weighted by molar-refractivity contribution is 7.85. The molecule has 0 aliphatic heterocycles. The van der Waals surface area contributed by atoms with Gasteiger partial charge >= 0.3 is 0 Å². The molecule has 0 radical (unpaired) electrons. The summed E-state index contributed by atoms with van der Waals surface area (Å²) in [7, 11) is -3.47. The Hall–Kier alpha value is -7.39. The van der Waals surface area contributed by atoms with Gasteiger partial charge in [-0.25, -0.2) is 0 Å². The molecule has 0 atom stereocenters. The fraction of sp³-hybridized carbons (Fsp3) is 0.100. The van der Waals surface area contributed by atoms with E-state index in [9.17, 15) is 0 Å². The number of aryl methyl sites for hydroxylation is 6. The van der Waals surface area contributed by atoms with Crippen molar-refractivity contribution in [1.29, 1.82) is 0 Å². The van der Waals surface area contributed by atoms with Gasteiger partial charge in [0.1, 0.15) is 0 Å². The zero-order valence-electron chi connectivity index (χ0n) is 38.0. The maximum Gasteiger partial charge on any atom is 0.171 e. The summed E-state index contributed by atoms with van der Waals surface area (Å²) < 4.78 is 16.6. The van der Waals surface area contributed by atoms with E-state index in [1.54, 1.807) is 0 Å². The second-order valence-corrected chi connectivity index (χ2v) is 19.7. The quantitative estimate of drug-likeness (QED) is 0.114. The Kier molecular flexibility index (Phi) is 12.1. The van der Waals surface area contributed by atoms with Crippen LogP contribution in [0.5, 0.6) is 0 Å². The van der Waals surface area contributed by atoms with Crippen LogP contribution in [0.3, 0.4) is 0 Å². The van der Waals surface area contributed by atoms with E-state index in [0.29, 0.717) is 0 Å². The minimum Gasteiger partial charge on any atom is -0.310 e. The van der Waals surface area contributed by atoms with Crippen LogP contribution in [-0.4, -0.2) is 0 Å². The summed E-state index contributed by atoms with van der Waals surface area (Å²) in [5.41, 5.74) is 16.6. The molecule has 0 amide bonds. The molecule has 9 rings (SSSR count). The van der Waals surface area contributed by atoms with Crippen molar-refractivity contribution in [1.82, 2.24) is 0 Å². The second-order valence-electron chi connectivity index (χ2n) is 16.9. The first-order valence-electron chi connectivity index (χ1n) is 22.3. The Morgan fingerprint density at radius 2 is 0.554 bits per heavy atom. The molecule has 0 aromatic heterocycles. The highest BCUT2D eigenvalue weighted by Gasteiger charge is 2.31. The fourth-order valence-corrected chi connectivity index (χ4v) is 11.6. The van der Waals surface area contributed by atoms with Crippen LogP contribution in [0.1, 0.15) is 33.4 Å². The van der Waals surface area contributed by atoms with Crippen molar-refractivity contribution < 1.29 is 4.57 Å². The SMILES string of the molecule is Cc1cccc(N(c2ccc(P(=O)(c3ccc(N(c4ccccc4C)c4ccccc4C)cc3)c3ccc(N(c4ccccc4C)c4ccccc4C)cc3)cc2)c2ccccc2C)c1. The lowest BCUT2D eigenvalue weighted by atomic mass is 10.1. The predicted molar refractivity (Wildman–Crippen MR) is 278 cm³/mol. The molecule has 0 unspecified atom stereocenters. The topological polar surface area (TPSA) is 26.8 Å². The lowest BCUT2D eigenvalue weighted by molar-refractivity contribution is 0.592. The smallest absolute Gasteiger partial charge is 0.171 e. The van der Waals surface area contributed by atoms with Gasteiger partial charge in [0.25, 0.3) is 0 Å². The van der Waals surface area contributed by atoms with E-state index in [2.05, 4.69) is 275 Å². The monoisotopic (exact) mass is 863 g/mol. The molecular weight excluding hydrogens is 810 g/mol. The van der Waals surface area contributed by atoms with Crippen LogP contribution >= 0.6 is 7.14 Å². The average Bonchev–Trinajstić information content (AvgIpc) is 3.33. The third-order valence-electron chi connectivity index (χ3n) is 12.5. The van der Waals surface area contributed by atoms with Crippen LogP contribution in [0.15, 0.2) is 218 Å². The Morgan fingerprint density at radius 1 is 0.277 bits per heavy atom. The molecule has 0 aliphatic carbocycles. The number of nitrogens with zero attached hydrogens (tertiary/aromatic N) is 3. The van der Waals surface area contributed by atoms with Crippen molar-refractivity contribution in [3.05, 3.63) is 252 Å². The first-order chi connectivity index (χ1) is 31.6. The van der Waals surface area contributed by atoms with Crippen LogP contribution in [0.25, 0.3) is 0 Å². The normalized spacial score (nSPS) is 11.3. The number of para-hydroxylation sites is 5. The molecule has 0 saturated carbocycles. The van der Waals surface area contributed by atoms with Crippen molar-refractivity contribution in [2.45, 2.75) is 41.5 Å². The third-order valence-corrected chi connectivity index (χ3v) is 15.5. The zero-order valence-corrected chi connectivity index (χ0v) is 38.9. The van der Waals surface area contributed by atoms with Crippen LogP contribution in [0.2, 0.25) is 0 Å². The van der Waals surface area contributed by atoms with Crippen molar-refractivity contribution in [2.24, 2.45) is 0 Å². The Morgan fingerprint density at radius 3 is 0.846 bits per heavy atom. The van der Waals surface area contributed by atoms with E-state index < -0.39 is 7.14 Å². The molecule has 0 spiro atoms. The van der Waals surface area contributed by atoms with E-state index in [-0.39, 0.29) is 0 Å². The summed E-state index contributed by atoms with van der Waals surface area (Å²) in [6.07, 6.45) is 0. The molecule has 320 valence electrons. The number of benzene rings is 9. The first kappa shape index (κ1) is 42.9. The molecule has 0 saturated heterocycles. The summed E-state index contributed by atoms with van der Waals surface area (Å²) in [6.45, 7) is 12.9. The van der Waals surface area contributed by atoms with Crippen LogP contribution in [0, 0.1) is 41.5 Å². The summed E-state index contributed by atoms with van der Waals surface area (Å²) in [5.74, 6) is 0. The van der Waals surface area contributed by atoms with E-state index in [1.165, 1.54) is 33.4 Å². The number of anilines is 9. The van der Waals surface area contributed by atoms with Gasteiger partial charge in [-0.3, -0.25) is 0 Å². The maximum absolute atomic E-state index is 16.6. The van der Waals surface area contributed by atoms with Crippen molar-refractivity contribution in [2.75, 3.05) is 14.7 Å². The van der Waals surface area contributed by atoms with Crippen molar-refractivity contribution in [3.8, 4) is 0 Å². The molecule has 0 fully saturated rings. The predicted octanol–water partition coefficient (Wildman–Crippen LogP) is 15.6. The second kappa shape index (κ2) is 18.4. The standard InChI is InChI=1S/C60H54N3OP/c1-43-18-17-24-52(42-43)61(56-25-12-7-19-44(56)2)49-30-36-53(37-31-49)65(64,54-38-32-50(33-39-54)62(57-26-13-8-20-45(57)3)58-27-14-9-21-46(58)4)55-40-34-51(35-41-55)63(59-28-15-10-22-47(59)5)60-29-16-11-23-48(60)6/h7-42H,1-6H3. The molecule has 0 heterocycles. The van der Waals surface area contributed by atoms with Gasteiger partial charge in [-0.1, -0.05) is 103 Å². The van der Waals surface area contributed by atoms with Gasteiger partial charge in [-0.05, 0) is 190 Å². The number of hydrogen-bond acceptors (Lipinski definition) is 4. The number of rotatable bonds is 12. The molecular formula is C60H54N3OP. The third kappa shape index (κ3) is 8.42. The Bertz CT molecular complexity index is 2920. The Balaban J connectivity index is 1.19. The molecule has 0 bridgehead atoms. The summed E-state index contributed by atoms with van der Waals surface area (Å²) in [4.78, 5) is 6.90. The lowest BCUT2D eigenvalue weighted by Gasteiger charge is -2.30. The van der Waals surface area contributed by atoms with Crippen molar-refractivity contribution in [3.63, 3.8) is 0 Å². The molecule has 5 heteroatoms. The molecule has 65 heavy (non-hydrogen) atoms. The number of hydrogen-bond donors (Lipinski definition) is 0. The molecule has 0 N–H and O–H groups in total. The summed E-state index contributed by atoms with van der Waals surface area (Å²) in [5, 5.41) is 2.29. The highest BCUT2D eigenvalue weighted by Crippen LogP contribution is 2.47. The van der Waals surface area contributed by atoms with E-state index in [1.807, 2.05) is 0 Å².